The number of rotatable bonds is 4. The molecule has 0 radical (unpaired) electrons. The fourth-order valence-electron chi connectivity index (χ4n) is 2.87. The van der Waals surface area contributed by atoms with Gasteiger partial charge < -0.3 is 9.64 Å². The van der Waals surface area contributed by atoms with Gasteiger partial charge in [0.05, 0.1) is 4.47 Å². The zero-order valence-electron chi connectivity index (χ0n) is 13.1. The van der Waals surface area contributed by atoms with Gasteiger partial charge >= 0.3 is 0 Å². The molecule has 0 atom stereocenters. The Hall–Kier alpha value is -1.96. The number of nitrogens with zero attached hydrogens (tertiary/aromatic N) is 3. The number of likely N-dealkylation sites (tertiary alicyclic amines) is 2. The normalized spacial score (nSPS) is 19.0. The topological polar surface area (TPSA) is 79.8 Å². The minimum atomic E-state index is -0.258. The second kappa shape index (κ2) is 7.29. The maximum atomic E-state index is 12.3. The van der Waals surface area contributed by atoms with Crippen LogP contribution in [0.15, 0.2) is 22.8 Å². The van der Waals surface area contributed by atoms with Crippen LogP contribution in [0.25, 0.3) is 0 Å². The van der Waals surface area contributed by atoms with Gasteiger partial charge in [0.15, 0.2) is 0 Å². The second-order valence-electron chi connectivity index (χ2n) is 5.86. The Morgan fingerprint density at radius 3 is 2.54 bits per heavy atom. The van der Waals surface area contributed by atoms with E-state index >= 15 is 0 Å². The van der Waals surface area contributed by atoms with Gasteiger partial charge in [-0.2, -0.15) is 0 Å². The van der Waals surface area contributed by atoms with Gasteiger partial charge in [0.2, 0.25) is 23.6 Å². The van der Waals surface area contributed by atoms with Crippen molar-refractivity contribution in [3.05, 3.63) is 22.8 Å². The first kappa shape index (κ1) is 16.9. The van der Waals surface area contributed by atoms with Crippen LogP contribution in [0.5, 0.6) is 5.88 Å². The first-order chi connectivity index (χ1) is 11.5. The Bertz CT molecular complexity index is 642. The molecule has 0 aromatic carbocycles. The summed E-state index contributed by atoms with van der Waals surface area (Å²) in [7, 11) is 0. The van der Waals surface area contributed by atoms with E-state index in [0.29, 0.717) is 31.8 Å². The van der Waals surface area contributed by atoms with E-state index in [1.807, 2.05) is 12.1 Å². The second-order valence-corrected chi connectivity index (χ2v) is 6.72. The highest BCUT2D eigenvalue weighted by Gasteiger charge is 2.33. The Balaban J connectivity index is 1.50. The molecule has 1 aromatic heterocycles. The van der Waals surface area contributed by atoms with Crippen molar-refractivity contribution in [2.45, 2.75) is 31.8 Å². The lowest BCUT2D eigenvalue weighted by Gasteiger charge is -2.32. The fraction of sp³-hybridized carbons (Fsp3) is 0.500. The summed E-state index contributed by atoms with van der Waals surface area (Å²) in [6.45, 7) is 0.948. The van der Waals surface area contributed by atoms with Crippen LogP contribution in [0.4, 0.5) is 0 Å². The zero-order valence-corrected chi connectivity index (χ0v) is 14.7. The minimum absolute atomic E-state index is 0.00435. The molecule has 3 rings (SSSR count). The SMILES string of the molecule is O=C(CN1C(=O)CCC1=O)N1CCC(Oc2ncccc2Br)CC1. The monoisotopic (exact) mass is 395 g/mol. The van der Waals surface area contributed by atoms with Gasteiger partial charge in [-0.05, 0) is 28.1 Å². The summed E-state index contributed by atoms with van der Waals surface area (Å²) in [6, 6.07) is 3.68. The van der Waals surface area contributed by atoms with Crippen LogP contribution in [0.3, 0.4) is 0 Å². The van der Waals surface area contributed by atoms with E-state index in [2.05, 4.69) is 20.9 Å². The zero-order chi connectivity index (χ0) is 17.1. The summed E-state index contributed by atoms with van der Waals surface area (Å²) in [6.07, 6.45) is 3.47. The number of aromatic nitrogens is 1. The van der Waals surface area contributed by atoms with Gasteiger partial charge in [0.25, 0.3) is 0 Å². The van der Waals surface area contributed by atoms with Crippen LogP contribution in [-0.4, -0.2) is 58.2 Å². The Labute approximate surface area is 148 Å². The number of pyridine rings is 1. The molecule has 1 aromatic rings. The van der Waals surface area contributed by atoms with Gasteiger partial charge in [-0.3, -0.25) is 19.3 Å². The van der Waals surface area contributed by atoms with E-state index in [1.54, 1.807) is 11.1 Å². The third kappa shape index (κ3) is 3.75. The largest absolute Gasteiger partial charge is 0.473 e. The molecule has 2 fully saturated rings. The molecule has 0 spiro atoms. The van der Waals surface area contributed by atoms with Crippen molar-refractivity contribution in [3.8, 4) is 5.88 Å². The molecule has 2 saturated heterocycles. The highest BCUT2D eigenvalue weighted by atomic mass is 79.9. The number of imide groups is 1. The van der Waals surface area contributed by atoms with Crippen LogP contribution in [0, 0.1) is 0 Å². The first-order valence-electron chi connectivity index (χ1n) is 7.92. The van der Waals surface area contributed by atoms with Gasteiger partial charge in [0.1, 0.15) is 12.6 Å². The van der Waals surface area contributed by atoms with E-state index < -0.39 is 0 Å². The van der Waals surface area contributed by atoms with E-state index in [4.69, 9.17) is 4.74 Å². The molecular weight excluding hydrogens is 378 g/mol. The van der Waals surface area contributed by atoms with Crippen molar-refractivity contribution in [1.29, 1.82) is 0 Å². The highest BCUT2D eigenvalue weighted by Crippen LogP contribution is 2.25. The molecular formula is C16H18BrN3O4. The summed E-state index contributed by atoms with van der Waals surface area (Å²) in [4.78, 5) is 42.4. The average molecular weight is 396 g/mol. The van der Waals surface area contributed by atoms with Crippen LogP contribution in [-0.2, 0) is 14.4 Å². The summed E-state index contributed by atoms with van der Waals surface area (Å²) >= 11 is 3.40. The van der Waals surface area contributed by atoms with Crippen molar-refractivity contribution in [3.63, 3.8) is 0 Å². The lowest BCUT2D eigenvalue weighted by Crippen LogP contribution is -2.47. The molecule has 0 bridgehead atoms. The van der Waals surface area contributed by atoms with Crippen LogP contribution >= 0.6 is 15.9 Å². The summed E-state index contributed by atoms with van der Waals surface area (Å²) in [5, 5.41) is 0. The minimum Gasteiger partial charge on any atom is -0.473 e. The van der Waals surface area contributed by atoms with Crippen molar-refractivity contribution < 1.29 is 19.1 Å². The molecule has 3 heterocycles. The Morgan fingerprint density at radius 2 is 1.92 bits per heavy atom. The van der Waals surface area contributed by atoms with Crippen molar-refractivity contribution in [2.24, 2.45) is 0 Å². The van der Waals surface area contributed by atoms with Crippen LogP contribution in [0.1, 0.15) is 25.7 Å². The predicted molar refractivity (Wildman–Crippen MR) is 88.1 cm³/mol. The molecule has 2 aliphatic heterocycles. The lowest BCUT2D eigenvalue weighted by atomic mass is 10.1. The number of amides is 3. The quantitative estimate of drug-likeness (QED) is 0.719. The number of hydrogen-bond acceptors (Lipinski definition) is 5. The van der Waals surface area contributed by atoms with Gasteiger partial charge in [0, 0.05) is 45.0 Å². The van der Waals surface area contributed by atoms with E-state index in [1.165, 1.54) is 0 Å². The molecule has 2 aliphatic rings. The van der Waals surface area contributed by atoms with Gasteiger partial charge in [-0.15, -0.1) is 0 Å². The fourth-order valence-corrected chi connectivity index (χ4v) is 3.22. The molecule has 0 aliphatic carbocycles. The Morgan fingerprint density at radius 1 is 1.25 bits per heavy atom. The predicted octanol–water partition coefficient (Wildman–Crippen LogP) is 1.36. The molecule has 0 unspecified atom stereocenters. The summed E-state index contributed by atoms with van der Waals surface area (Å²) < 4.78 is 6.67. The molecule has 24 heavy (non-hydrogen) atoms. The molecule has 0 N–H and O–H groups in total. The number of ether oxygens (including phenoxy) is 1. The number of hydrogen-bond donors (Lipinski definition) is 0. The number of piperidine rings is 1. The molecule has 128 valence electrons. The van der Waals surface area contributed by atoms with Crippen molar-refractivity contribution in [2.75, 3.05) is 19.6 Å². The third-order valence-electron chi connectivity index (χ3n) is 4.25. The standard InChI is InChI=1S/C16H18BrN3O4/c17-12-2-1-7-18-16(12)24-11-5-8-19(9-6-11)15(23)10-20-13(21)3-4-14(20)22/h1-2,7,11H,3-6,8-10H2. The summed E-state index contributed by atoms with van der Waals surface area (Å²) in [5.74, 6) is -0.148. The maximum Gasteiger partial charge on any atom is 0.242 e. The average Bonchev–Trinajstić information content (AvgIpc) is 2.89. The van der Waals surface area contributed by atoms with E-state index in [9.17, 15) is 14.4 Å². The number of carbonyl (C=O) groups is 3. The smallest absolute Gasteiger partial charge is 0.242 e. The molecule has 3 amide bonds. The first-order valence-corrected chi connectivity index (χ1v) is 8.72. The lowest BCUT2D eigenvalue weighted by molar-refractivity contribution is -0.146. The van der Waals surface area contributed by atoms with Crippen molar-refractivity contribution >= 4 is 33.7 Å². The third-order valence-corrected chi connectivity index (χ3v) is 4.85. The Kier molecular flexibility index (Phi) is 5.13. The molecule has 7 nitrogen and oxygen atoms in total. The maximum absolute atomic E-state index is 12.3. The van der Waals surface area contributed by atoms with Crippen LogP contribution < -0.4 is 4.74 Å². The molecule has 8 heteroatoms. The molecule has 0 saturated carbocycles. The van der Waals surface area contributed by atoms with Gasteiger partial charge in [-0.25, -0.2) is 4.98 Å². The summed E-state index contributed by atoms with van der Waals surface area (Å²) in [5.41, 5.74) is 0. The van der Waals surface area contributed by atoms with E-state index in [-0.39, 0.29) is 43.2 Å². The number of halogens is 1. The van der Waals surface area contributed by atoms with Crippen LogP contribution in [0.2, 0.25) is 0 Å². The van der Waals surface area contributed by atoms with Crippen molar-refractivity contribution in [1.82, 2.24) is 14.8 Å². The van der Waals surface area contributed by atoms with E-state index in [0.717, 1.165) is 9.37 Å². The van der Waals surface area contributed by atoms with Gasteiger partial charge in [-0.1, -0.05) is 0 Å². The highest BCUT2D eigenvalue weighted by molar-refractivity contribution is 9.10. The number of carbonyl (C=O) groups excluding carboxylic acids is 3.